The molecule has 188 valence electrons. The highest BCUT2D eigenvalue weighted by Gasteiger charge is 2.40. The number of aliphatic hydroxyl groups is 6. The lowest BCUT2D eigenvalue weighted by atomic mass is 9.98. The average Bonchev–Trinajstić information content (AvgIpc) is 2.91. The predicted octanol–water partition coefficient (Wildman–Crippen LogP) is -2.06. The molecule has 0 bridgehead atoms. The van der Waals surface area contributed by atoms with Gasteiger partial charge in [-0.05, 0) is 24.4 Å². The zero-order valence-electron chi connectivity index (χ0n) is 18.2. The van der Waals surface area contributed by atoms with Crippen LogP contribution in [-0.4, -0.2) is 92.2 Å². The maximum absolute atomic E-state index is 12.5. The summed E-state index contributed by atoms with van der Waals surface area (Å²) in [7, 11) is 1.20. The first-order valence-corrected chi connectivity index (χ1v) is 10.2. The summed E-state index contributed by atoms with van der Waals surface area (Å²) in [6, 6.07) is 2.72. The van der Waals surface area contributed by atoms with Crippen molar-refractivity contribution < 1.29 is 59.2 Å². The Bertz CT molecular complexity index is 1100. The van der Waals surface area contributed by atoms with E-state index in [1.807, 2.05) is 0 Å². The maximum atomic E-state index is 12.5. The van der Waals surface area contributed by atoms with Gasteiger partial charge in [0.05, 0.1) is 18.3 Å². The lowest BCUT2D eigenvalue weighted by Gasteiger charge is -2.30. The Morgan fingerprint density at radius 1 is 1.06 bits per heavy atom. The van der Waals surface area contributed by atoms with Gasteiger partial charge in [-0.25, -0.2) is 9.59 Å². The number of aliphatic hydroxyl groups excluding tert-OH is 6. The molecule has 2 heterocycles. The molecule has 1 aromatic heterocycles. The number of aromatic hydroxyl groups is 1. The van der Waals surface area contributed by atoms with Crippen LogP contribution in [0.5, 0.6) is 11.5 Å². The summed E-state index contributed by atoms with van der Waals surface area (Å²) in [5, 5.41) is 69.6. The molecule has 0 amide bonds. The van der Waals surface area contributed by atoms with E-state index in [9.17, 15) is 40.2 Å². The molecule has 34 heavy (non-hydrogen) atoms. The third-order valence-corrected chi connectivity index (χ3v) is 5.53. The largest absolute Gasteiger partial charge is 0.506 e. The van der Waals surface area contributed by atoms with Gasteiger partial charge in [-0.15, -0.1) is 0 Å². The number of rotatable bonds is 8. The molecular weight excluding hydrogens is 460 g/mol. The number of benzene rings is 1. The van der Waals surface area contributed by atoms with E-state index in [0.717, 1.165) is 0 Å². The molecule has 1 aliphatic heterocycles. The van der Waals surface area contributed by atoms with E-state index in [1.165, 1.54) is 26.2 Å². The summed E-state index contributed by atoms with van der Waals surface area (Å²) >= 11 is 0. The zero-order valence-corrected chi connectivity index (χ0v) is 18.2. The van der Waals surface area contributed by atoms with E-state index in [0.29, 0.717) is 0 Å². The monoisotopic (exact) mass is 486 g/mol. The van der Waals surface area contributed by atoms with Gasteiger partial charge in [-0.2, -0.15) is 0 Å². The quantitative estimate of drug-likeness (QED) is 0.121. The van der Waals surface area contributed by atoms with Crippen molar-refractivity contribution >= 4 is 16.7 Å². The van der Waals surface area contributed by atoms with Gasteiger partial charge in [0.2, 0.25) is 0 Å². The number of fused-ring (bicyclic) bond motifs is 2. The minimum Gasteiger partial charge on any atom is -0.506 e. The Kier molecular flexibility index (Phi) is 7.90. The second-order valence-corrected chi connectivity index (χ2v) is 7.86. The van der Waals surface area contributed by atoms with E-state index in [4.69, 9.17) is 23.7 Å². The molecule has 0 spiro atoms. The van der Waals surface area contributed by atoms with Crippen molar-refractivity contribution in [3.63, 3.8) is 0 Å². The fraction of sp³-hybridized carbons (Fsp3) is 0.524. The molecule has 1 aromatic carbocycles. The van der Waals surface area contributed by atoms with Crippen molar-refractivity contribution in [3.8, 4) is 11.5 Å². The Labute approximate surface area is 192 Å². The highest BCUT2D eigenvalue weighted by atomic mass is 16.6. The Morgan fingerprint density at radius 2 is 1.74 bits per heavy atom. The minimum absolute atomic E-state index is 0.199. The number of aryl methyl sites for hydroxylation is 1. The predicted molar refractivity (Wildman–Crippen MR) is 111 cm³/mol. The molecule has 1 aliphatic rings. The van der Waals surface area contributed by atoms with E-state index in [-0.39, 0.29) is 34.3 Å². The lowest BCUT2D eigenvalue weighted by molar-refractivity contribution is -0.231. The van der Waals surface area contributed by atoms with Crippen LogP contribution in [0.3, 0.4) is 0 Å². The van der Waals surface area contributed by atoms with Crippen LogP contribution in [-0.2, 0) is 14.3 Å². The van der Waals surface area contributed by atoms with Crippen LogP contribution in [0.2, 0.25) is 0 Å². The fourth-order valence-electron chi connectivity index (χ4n) is 3.70. The van der Waals surface area contributed by atoms with E-state index >= 15 is 0 Å². The summed E-state index contributed by atoms with van der Waals surface area (Å²) in [6.07, 6.45) is -13.5. The number of hydrogen-bond donors (Lipinski definition) is 7. The van der Waals surface area contributed by atoms with Crippen LogP contribution in [0.4, 0.5) is 0 Å². The van der Waals surface area contributed by atoms with Gasteiger partial charge < -0.3 is 54.4 Å². The highest BCUT2D eigenvalue weighted by Crippen LogP contribution is 2.44. The topological polar surface area (TPSA) is 217 Å². The summed E-state index contributed by atoms with van der Waals surface area (Å²) in [5.41, 5.74) is -1.11. The maximum Gasteiger partial charge on any atom is 0.347 e. The van der Waals surface area contributed by atoms with Gasteiger partial charge >= 0.3 is 11.6 Å². The smallest absolute Gasteiger partial charge is 0.347 e. The van der Waals surface area contributed by atoms with Gasteiger partial charge in [0, 0.05) is 13.5 Å². The number of carbonyl (C=O) groups is 1. The van der Waals surface area contributed by atoms with Gasteiger partial charge in [-0.1, -0.05) is 0 Å². The SMILES string of the molecule is CO[C@@H]1C[C@H](O[C@H](O)[C@H](O)[C@H](O)[C@@H](O)[C@H](O)CO)c2c(cc3cc(C)oc(=O)c3c2O)OC1=O. The van der Waals surface area contributed by atoms with E-state index in [2.05, 4.69) is 0 Å². The van der Waals surface area contributed by atoms with Crippen LogP contribution in [0.25, 0.3) is 10.8 Å². The molecule has 13 heteroatoms. The molecule has 0 aliphatic carbocycles. The lowest BCUT2D eigenvalue weighted by Crippen LogP contribution is -2.50. The summed E-state index contributed by atoms with van der Waals surface area (Å²) < 4.78 is 20.8. The van der Waals surface area contributed by atoms with Gasteiger partial charge in [0.15, 0.2) is 12.4 Å². The Hall–Kier alpha value is -2.62. The first-order chi connectivity index (χ1) is 16.0. The number of ether oxygens (including phenoxy) is 3. The van der Waals surface area contributed by atoms with Crippen molar-refractivity contribution in [2.45, 2.75) is 56.3 Å². The van der Waals surface area contributed by atoms with Gasteiger partial charge in [0.1, 0.15) is 47.1 Å². The average molecular weight is 486 g/mol. The van der Waals surface area contributed by atoms with Crippen molar-refractivity contribution in [2.24, 2.45) is 0 Å². The molecule has 13 nitrogen and oxygen atoms in total. The minimum atomic E-state index is -2.23. The second-order valence-electron chi connectivity index (χ2n) is 7.86. The molecule has 0 unspecified atom stereocenters. The van der Waals surface area contributed by atoms with Crippen molar-refractivity contribution in [3.05, 3.63) is 33.9 Å². The highest BCUT2D eigenvalue weighted by molar-refractivity contribution is 5.92. The standard InChI is InChI=1S/C21H26O13/c1-7-3-8-4-10-14(16(25)13(8)20(29)32-7)11(5-12(31-2)19(28)33-10)34-21(30)18(27)17(26)15(24)9(23)6-22/h3-4,9,11-12,15,17-18,21-27,30H,5-6H2,1-2H3/t9-,11+,12-,15+,17-,18-,21+/m1/s1. The number of carbonyl (C=O) groups excluding carboxylic acids is 1. The van der Waals surface area contributed by atoms with Crippen molar-refractivity contribution in [1.82, 2.24) is 0 Å². The zero-order chi connectivity index (χ0) is 25.3. The number of hydrogen-bond acceptors (Lipinski definition) is 13. The number of phenols is 1. The van der Waals surface area contributed by atoms with Crippen molar-refractivity contribution in [1.29, 1.82) is 0 Å². The van der Waals surface area contributed by atoms with Gasteiger partial charge in [-0.3, -0.25) is 0 Å². The second kappa shape index (κ2) is 10.3. The van der Waals surface area contributed by atoms with Crippen LogP contribution in [0.15, 0.2) is 21.3 Å². The molecule has 0 fully saturated rings. The fourth-order valence-corrected chi connectivity index (χ4v) is 3.70. The molecule has 0 saturated carbocycles. The molecule has 0 radical (unpaired) electrons. The van der Waals surface area contributed by atoms with Crippen LogP contribution < -0.4 is 10.4 Å². The van der Waals surface area contributed by atoms with E-state index < -0.39 is 66.9 Å². The molecule has 0 saturated heterocycles. The van der Waals surface area contributed by atoms with Crippen molar-refractivity contribution in [2.75, 3.05) is 13.7 Å². The third kappa shape index (κ3) is 4.92. The normalized spacial score (nSPS) is 22.9. The molecule has 2 aromatic rings. The molecular formula is C21H26O13. The van der Waals surface area contributed by atoms with Crippen LogP contribution in [0, 0.1) is 6.92 Å². The molecule has 3 rings (SSSR count). The van der Waals surface area contributed by atoms with Gasteiger partial charge in [0.25, 0.3) is 0 Å². The van der Waals surface area contributed by atoms with Crippen LogP contribution in [0.1, 0.15) is 23.8 Å². The third-order valence-electron chi connectivity index (χ3n) is 5.53. The number of methoxy groups -OCH3 is 1. The summed E-state index contributed by atoms with van der Waals surface area (Å²) in [6.45, 7) is 0.573. The first-order valence-electron chi connectivity index (χ1n) is 10.2. The first kappa shape index (κ1) is 26.0. The Balaban J connectivity index is 2.04. The molecule has 7 N–H and O–H groups in total. The Morgan fingerprint density at radius 3 is 2.35 bits per heavy atom. The van der Waals surface area contributed by atoms with Crippen LogP contribution >= 0.6 is 0 Å². The van der Waals surface area contributed by atoms with E-state index in [1.54, 1.807) is 0 Å². The number of phenolic OH excluding ortho intramolecular Hbond substituents is 1. The number of esters is 1. The molecule has 7 atom stereocenters. The summed E-state index contributed by atoms with van der Waals surface area (Å²) in [5.74, 6) is -1.49. The summed E-state index contributed by atoms with van der Waals surface area (Å²) in [4.78, 5) is 24.8.